The normalized spacial score (nSPS) is 16.9. The molecule has 5 nitrogen and oxygen atoms in total. The lowest BCUT2D eigenvalue weighted by Crippen LogP contribution is -2.42. The van der Waals surface area contributed by atoms with Crippen molar-refractivity contribution >= 4 is 22.0 Å². The van der Waals surface area contributed by atoms with Gasteiger partial charge in [0.05, 0.1) is 6.04 Å². The zero-order valence-electron chi connectivity index (χ0n) is 14.8. The third kappa shape index (κ3) is 5.23. The number of halogens is 1. The van der Waals surface area contributed by atoms with E-state index in [1.807, 2.05) is 25.7 Å². The summed E-state index contributed by atoms with van der Waals surface area (Å²) in [5, 5.41) is 4.62. The number of rotatable bonds is 3. The smallest absolute Gasteiger partial charge is 0.410 e. The number of ether oxygens (including phenoxy) is 1. The number of nitrogens with zero attached hydrogens (tertiary/aromatic N) is 3. The van der Waals surface area contributed by atoms with E-state index in [-0.39, 0.29) is 6.09 Å². The summed E-state index contributed by atoms with van der Waals surface area (Å²) in [7, 11) is 0. The molecule has 0 aliphatic carbocycles. The van der Waals surface area contributed by atoms with E-state index in [0.29, 0.717) is 12.0 Å². The summed E-state index contributed by atoms with van der Waals surface area (Å²) >= 11 is 3.49. The van der Waals surface area contributed by atoms with E-state index in [0.717, 1.165) is 37.0 Å². The van der Waals surface area contributed by atoms with Crippen LogP contribution >= 0.6 is 15.9 Å². The van der Waals surface area contributed by atoms with Gasteiger partial charge in [0, 0.05) is 18.8 Å². The van der Waals surface area contributed by atoms with Crippen molar-refractivity contribution in [3.63, 3.8) is 0 Å². The van der Waals surface area contributed by atoms with Crippen molar-refractivity contribution in [3.8, 4) is 0 Å². The highest BCUT2D eigenvalue weighted by atomic mass is 79.9. The Hall–Kier alpha value is -1.04. The first kappa shape index (κ1) is 18.3. The predicted octanol–water partition coefficient (Wildman–Crippen LogP) is 4.42. The van der Waals surface area contributed by atoms with Gasteiger partial charge < -0.3 is 9.64 Å². The van der Waals surface area contributed by atoms with Crippen LogP contribution in [0.15, 0.2) is 10.7 Å². The van der Waals surface area contributed by atoms with E-state index < -0.39 is 5.60 Å². The molecule has 0 unspecified atom stereocenters. The molecule has 2 rings (SSSR count). The lowest BCUT2D eigenvalue weighted by Gasteiger charge is -2.34. The topological polar surface area (TPSA) is 47.4 Å². The van der Waals surface area contributed by atoms with Crippen molar-refractivity contribution < 1.29 is 9.53 Å². The Morgan fingerprint density at radius 1 is 1.39 bits per heavy atom. The summed E-state index contributed by atoms with van der Waals surface area (Å²) in [4.78, 5) is 14.0. The van der Waals surface area contributed by atoms with Crippen molar-refractivity contribution in [1.82, 2.24) is 14.7 Å². The van der Waals surface area contributed by atoms with Gasteiger partial charge in [-0.1, -0.05) is 13.8 Å². The summed E-state index contributed by atoms with van der Waals surface area (Å²) in [6.45, 7) is 11.6. The summed E-state index contributed by atoms with van der Waals surface area (Å²) in [6.07, 6.45) is 2.64. The highest BCUT2D eigenvalue weighted by Gasteiger charge is 2.28. The molecule has 6 heteroatoms. The number of amides is 1. The van der Waals surface area contributed by atoms with Crippen molar-refractivity contribution in [1.29, 1.82) is 0 Å². The molecule has 0 atom stereocenters. The Balaban J connectivity index is 1.98. The molecule has 0 N–H and O–H groups in total. The Bertz CT molecular complexity index is 541. The first-order valence-corrected chi connectivity index (χ1v) is 9.17. The Labute approximate surface area is 147 Å². The van der Waals surface area contributed by atoms with Crippen molar-refractivity contribution in [2.24, 2.45) is 5.92 Å². The van der Waals surface area contributed by atoms with Crippen LogP contribution in [-0.4, -0.2) is 39.5 Å². The molecular weight excluding hydrogens is 358 g/mol. The maximum absolute atomic E-state index is 12.1. The van der Waals surface area contributed by atoms with Gasteiger partial charge in [0.1, 0.15) is 10.2 Å². The molecule has 0 aromatic carbocycles. The van der Waals surface area contributed by atoms with Crippen LogP contribution < -0.4 is 0 Å². The predicted molar refractivity (Wildman–Crippen MR) is 94.5 cm³/mol. The van der Waals surface area contributed by atoms with Crippen LogP contribution in [0.3, 0.4) is 0 Å². The Morgan fingerprint density at radius 3 is 2.52 bits per heavy atom. The molecule has 1 aromatic rings. The molecule has 0 spiro atoms. The maximum atomic E-state index is 12.1. The zero-order valence-corrected chi connectivity index (χ0v) is 16.4. The molecule has 1 aliphatic heterocycles. The standard InChI is InChI=1S/C17H28BrN3O2/c1-12(2)10-14-11-15(18)19-21(14)13-6-8-20(9-7-13)16(22)23-17(3,4)5/h11-13H,6-10H2,1-5H3. The largest absolute Gasteiger partial charge is 0.444 e. The quantitative estimate of drug-likeness (QED) is 0.773. The molecule has 1 aromatic heterocycles. The van der Waals surface area contributed by atoms with Gasteiger partial charge in [-0.3, -0.25) is 4.68 Å². The molecular formula is C17H28BrN3O2. The Kier molecular flexibility index (Phi) is 5.76. The van der Waals surface area contributed by atoms with Gasteiger partial charge in [-0.15, -0.1) is 0 Å². The zero-order chi connectivity index (χ0) is 17.2. The van der Waals surface area contributed by atoms with Gasteiger partial charge >= 0.3 is 6.09 Å². The number of hydrogen-bond acceptors (Lipinski definition) is 3. The molecule has 1 saturated heterocycles. The lowest BCUT2D eigenvalue weighted by atomic mass is 10.0. The summed E-state index contributed by atoms with van der Waals surface area (Å²) in [6, 6.07) is 2.47. The number of aromatic nitrogens is 2. The van der Waals surface area contributed by atoms with Gasteiger partial charge in [0.15, 0.2) is 0 Å². The first-order valence-electron chi connectivity index (χ1n) is 8.37. The number of hydrogen-bond donors (Lipinski definition) is 0. The van der Waals surface area contributed by atoms with Gasteiger partial charge in [0.2, 0.25) is 0 Å². The van der Waals surface area contributed by atoms with Gasteiger partial charge in [-0.2, -0.15) is 5.10 Å². The van der Waals surface area contributed by atoms with E-state index in [2.05, 4.69) is 45.6 Å². The van der Waals surface area contributed by atoms with Gasteiger partial charge in [-0.05, 0) is 67.9 Å². The average molecular weight is 386 g/mol. The number of carbonyl (C=O) groups is 1. The third-order valence-electron chi connectivity index (χ3n) is 3.86. The third-order valence-corrected chi connectivity index (χ3v) is 4.25. The number of likely N-dealkylation sites (tertiary alicyclic amines) is 1. The minimum atomic E-state index is -0.439. The molecule has 1 amide bonds. The second-order valence-electron chi connectivity index (χ2n) is 7.70. The molecule has 23 heavy (non-hydrogen) atoms. The van der Waals surface area contributed by atoms with Crippen molar-refractivity contribution in [2.45, 2.75) is 65.5 Å². The molecule has 130 valence electrons. The maximum Gasteiger partial charge on any atom is 0.410 e. The van der Waals surface area contributed by atoms with E-state index in [1.165, 1.54) is 5.69 Å². The number of carbonyl (C=O) groups excluding carboxylic acids is 1. The van der Waals surface area contributed by atoms with Crippen LogP contribution in [-0.2, 0) is 11.2 Å². The van der Waals surface area contributed by atoms with E-state index >= 15 is 0 Å². The monoisotopic (exact) mass is 385 g/mol. The molecule has 2 heterocycles. The van der Waals surface area contributed by atoms with E-state index in [4.69, 9.17) is 4.74 Å². The minimum Gasteiger partial charge on any atom is -0.444 e. The summed E-state index contributed by atoms with van der Waals surface area (Å²) in [5.74, 6) is 0.596. The van der Waals surface area contributed by atoms with Gasteiger partial charge in [-0.25, -0.2) is 4.79 Å². The molecule has 0 saturated carbocycles. The van der Waals surface area contributed by atoms with E-state index in [1.54, 1.807) is 0 Å². The van der Waals surface area contributed by atoms with Crippen molar-refractivity contribution in [2.75, 3.05) is 13.1 Å². The lowest BCUT2D eigenvalue weighted by molar-refractivity contribution is 0.0184. The second kappa shape index (κ2) is 7.24. The molecule has 1 aliphatic rings. The number of piperidine rings is 1. The van der Waals surface area contributed by atoms with Crippen LogP contribution in [0.2, 0.25) is 0 Å². The van der Waals surface area contributed by atoms with Crippen molar-refractivity contribution in [3.05, 3.63) is 16.4 Å². The fourth-order valence-corrected chi connectivity index (χ4v) is 3.34. The molecule has 0 radical (unpaired) electrons. The van der Waals surface area contributed by atoms with Gasteiger partial charge in [0.25, 0.3) is 0 Å². The highest BCUT2D eigenvalue weighted by molar-refractivity contribution is 9.10. The summed E-state index contributed by atoms with van der Waals surface area (Å²) < 4.78 is 8.50. The highest BCUT2D eigenvalue weighted by Crippen LogP contribution is 2.27. The Morgan fingerprint density at radius 2 is 2.00 bits per heavy atom. The van der Waals surface area contributed by atoms with Crippen LogP contribution in [0, 0.1) is 5.92 Å². The van der Waals surface area contributed by atoms with Crippen LogP contribution in [0.25, 0.3) is 0 Å². The van der Waals surface area contributed by atoms with Crippen LogP contribution in [0.1, 0.15) is 59.2 Å². The average Bonchev–Trinajstić information content (AvgIpc) is 2.77. The van der Waals surface area contributed by atoms with E-state index in [9.17, 15) is 4.79 Å². The van der Waals surface area contributed by atoms with Crippen LogP contribution in [0.4, 0.5) is 4.79 Å². The fourth-order valence-electron chi connectivity index (χ4n) is 2.91. The molecule has 0 bridgehead atoms. The SMILES string of the molecule is CC(C)Cc1cc(Br)nn1C1CCN(C(=O)OC(C)(C)C)CC1. The minimum absolute atomic E-state index is 0.208. The second-order valence-corrected chi connectivity index (χ2v) is 8.51. The molecule has 1 fully saturated rings. The fraction of sp³-hybridized carbons (Fsp3) is 0.765. The summed E-state index contributed by atoms with van der Waals surface area (Å²) in [5.41, 5.74) is 0.827. The first-order chi connectivity index (χ1) is 10.7. The van der Waals surface area contributed by atoms with Crippen LogP contribution in [0.5, 0.6) is 0 Å².